The van der Waals surface area contributed by atoms with Gasteiger partial charge in [-0.15, -0.1) is 10.2 Å². The van der Waals surface area contributed by atoms with E-state index < -0.39 is 11.5 Å². The lowest BCUT2D eigenvalue weighted by molar-refractivity contribution is 0.0991. The van der Waals surface area contributed by atoms with Crippen molar-refractivity contribution in [3.8, 4) is 10.9 Å². The SMILES string of the molecule is CCC(COC)Nc1cc(C(=O)Nc2nnc(-n3nccc3C)s2)oc(=O)c1OC. The minimum Gasteiger partial charge on any atom is -0.488 e. The van der Waals surface area contributed by atoms with Gasteiger partial charge in [0.15, 0.2) is 5.76 Å². The van der Waals surface area contributed by atoms with E-state index in [-0.39, 0.29) is 22.7 Å². The lowest BCUT2D eigenvalue weighted by atomic mass is 10.2. The van der Waals surface area contributed by atoms with Gasteiger partial charge in [-0.2, -0.15) is 5.10 Å². The molecular formula is C18H22N6O5S. The first-order chi connectivity index (χ1) is 14.5. The number of nitrogens with zero attached hydrogens (tertiary/aromatic N) is 4. The van der Waals surface area contributed by atoms with Crippen LogP contribution in [0.15, 0.2) is 27.5 Å². The van der Waals surface area contributed by atoms with Crippen LogP contribution >= 0.6 is 11.3 Å². The van der Waals surface area contributed by atoms with E-state index >= 15 is 0 Å². The highest BCUT2D eigenvalue weighted by Crippen LogP contribution is 2.24. The summed E-state index contributed by atoms with van der Waals surface area (Å²) in [6, 6.07) is 3.16. The number of anilines is 2. The first-order valence-electron chi connectivity index (χ1n) is 9.10. The minimum atomic E-state index is -0.773. The van der Waals surface area contributed by atoms with Gasteiger partial charge in [-0.1, -0.05) is 18.3 Å². The van der Waals surface area contributed by atoms with Gasteiger partial charge in [0, 0.05) is 31.1 Å². The van der Waals surface area contributed by atoms with Crippen LogP contribution in [-0.2, 0) is 4.74 Å². The second-order valence-electron chi connectivity index (χ2n) is 6.28. The number of hydrogen-bond donors (Lipinski definition) is 2. The number of ether oxygens (including phenoxy) is 2. The maximum absolute atomic E-state index is 12.6. The van der Waals surface area contributed by atoms with Crippen LogP contribution in [0, 0.1) is 6.92 Å². The molecule has 0 saturated carbocycles. The summed E-state index contributed by atoms with van der Waals surface area (Å²) in [4.78, 5) is 24.9. The van der Waals surface area contributed by atoms with Gasteiger partial charge in [-0.05, 0) is 19.4 Å². The summed E-state index contributed by atoms with van der Waals surface area (Å²) in [5.74, 6) is -0.853. The molecule has 0 aliphatic carbocycles. The molecule has 3 aromatic heterocycles. The minimum absolute atomic E-state index is 0.0199. The monoisotopic (exact) mass is 434 g/mol. The largest absolute Gasteiger partial charge is 0.488 e. The zero-order valence-corrected chi connectivity index (χ0v) is 17.8. The van der Waals surface area contributed by atoms with E-state index in [9.17, 15) is 9.59 Å². The van der Waals surface area contributed by atoms with Crippen LogP contribution in [0.1, 0.15) is 29.6 Å². The number of rotatable bonds is 9. The second kappa shape index (κ2) is 9.50. The van der Waals surface area contributed by atoms with E-state index in [4.69, 9.17) is 13.9 Å². The maximum Gasteiger partial charge on any atom is 0.381 e. The highest BCUT2D eigenvalue weighted by atomic mass is 32.1. The summed E-state index contributed by atoms with van der Waals surface area (Å²) in [6.45, 7) is 4.26. The zero-order chi connectivity index (χ0) is 21.7. The van der Waals surface area contributed by atoms with Crippen molar-refractivity contribution in [2.45, 2.75) is 26.3 Å². The average molecular weight is 434 g/mol. The van der Waals surface area contributed by atoms with E-state index in [1.165, 1.54) is 13.2 Å². The average Bonchev–Trinajstić information content (AvgIpc) is 3.35. The van der Waals surface area contributed by atoms with E-state index in [2.05, 4.69) is 25.9 Å². The van der Waals surface area contributed by atoms with E-state index in [1.54, 1.807) is 18.0 Å². The highest BCUT2D eigenvalue weighted by molar-refractivity contribution is 7.17. The number of aryl methyl sites for hydroxylation is 1. The van der Waals surface area contributed by atoms with Crippen molar-refractivity contribution >= 4 is 28.1 Å². The molecule has 30 heavy (non-hydrogen) atoms. The number of methoxy groups -OCH3 is 2. The molecule has 160 valence electrons. The van der Waals surface area contributed by atoms with Gasteiger partial charge in [0.05, 0.1) is 19.4 Å². The number of carbonyl (C=O) groups excluding carboxylic acids is 1. The smallest absolute Gasteiger partial charge is 0.381 e. The molecule has 11 nitrogen and oxygen atoms in total. The van der Waals surface area contributed by atoms with Crippen molar-refractivity contribution in [1.29, 1.82) is 0 Å². The van der Waals surface area contributed by atoms with Crippen molar-refractivity contribution in [2.75, 3.05) is 31.5 Å². The predicted octanol–water partition coefficient (Wildman–Crippen LogP) is 2.08. The quantitative estimate of drug-likeness (QED) is 0.519. The summed E-state index contributed by atoms with van der Waals surface area (Å²) in [7, 11) is 2.94. The molecule has 3 heterocycles. The summed E-state index contributed by atoms with van der Waals surface area (Å²) < 4.78 is 17.0. The molecule has 0 fully saturated rings. The Bertz CT molecular complexity index is 1080. The fourth-order valence-electron chi connectivity index (χ4n) is 2.66. The Morgan fingerprint density at radius 1 is 1.37 bits per heavy atom. The van der Waals surface area contributed by atoms with E-state index in [0.717, 1.165) is 23.5 Å². The second-order valence-corrected chi connectivity index (χ2v) is 7.23. The third kappa shape index (κ3) is 4.66. The molecule has 0 bridgehead atoms. The summed E-state index contributed by atoms with van der Waals surface area (Å²) in [5.41, 5.74) is 0.445. The molecule has 2 N–H and O–H groups in total. The highest BCUT2D eigenvalue weighted by Gasteiger charge is 2.20. The van der Waals surface area contributed by atoms with Gasteiger partial charge >= 0.3 is 5.63 Å². The van der Waals surface area contributed by atoms with Crippen LogP contribution in [0.25, 0.3) is 5.13 Å². The molecule has 1 unspecified atom stereocenters. The Balaban J connectivity index is 1.83. The Labute approximate surface area is 176 Å². The van der Waals surface area contributed by atoms with Gasteiger partial charge in [-0.25, -0.2) is 9.48 Å². The zero-order valence-electron chi connectivity index (χ0n) is 17.0. The molecule has 0 saturated heterocycles. The lowest BCUT2D eigenvalue weighted by Gasteiger charge is -2.18. The molecule has 12 heteroatoms. The van der Waals surface area contributed by atoms with Crippen LogP contribution in [-0.4, -0.2) is 52.8 Å². The predicted molar refractivity (Wildman–Crippen MR) is 111 cm³/mol. The molecule has 1 atom stereocenters. The van der Waals surface area contributed by atoms with Crippen LogP contribution < -0.4 is 21.0 Å². The molecule has 0 spiro atoms. The Morgan fingerprint density at radius 3 is 2.80 bits per heavy atom. The van der Waals surface area contributed by atoms with Crippen LogP contribution in [0.3, 0.4) is 0 Å². The van der Waals surface area contributed by atoms with E-state index in [0.29, 0.717) is 17.4 Å². The van der Waals surface area contributed by atoms with Crippen LogP contribution in [0.4, 0.5) is 10.8 Å². The molecule has 3 aromatic rings. The first kappa shape index (κ1) is 21.5. The molecular weight excluding hydrogens is 412 g/mol. The van der Waals surface area contributed by atoms with Gasteiger partial charge in [-0.3, -0.25) is 10.1 Å². The summed E-state index contributed by atoms with van der Waals surface area (Å²) >= 11 is 1.13. The number of aromatic nitrogens is 4. The van der Waals surface area contributed by atoms with Crippen LogP contribution in [0.2, 0.25) is 0 Å². The maximum atomic E-state index is 12.6. The molecule has 0 aliphatic rings. The third-order valence-electron chi connectivity index (χ3n) is 4.20. The Hall–Kier alpha value is -3.25. The fraction of sp³-hybridized carbons (Fsp3) is 0.389. The molecule has 3 rings (SSSR count). The number of amides is 1. The number of carbonyl (C=O) groups is 1. The van der Waals surface area contributed by atoms with Crippen molar-refractivity contribution in [3.05, 3.63) is 40.2 Å². The van der Waals surface area contributed by atoms with Crippen molar-refractivity contribution < 1.29 is 18.7 Å². The molecule has 0 radical (unpaired) electrons. The fourth-order valence-corrected chi connectivity index (χ4v) is 3.42. The normalized spacial score (nSPS) is 11.9. The van der Waals surface area contributed by atoms with Crippen molar-refractivity contribution in [1.82, 2.24) is 20.0 Å². The van der Waals surface area contributed by atoms with Gasteiger partial charge in [0.1, 0.15) is 0 Å². The first-order valence-corrected chi connectivity index (χ1v) is 9.91. The van der Waals surface area contributed by atoms with Gasteiger partial charge in [0.2, 0.25) is 16.0 Å². The van der Waals surface area contributed by atoms with Crippen molar-refractivity contribution in [3.63, 3.8) is 0 Å². The standard InChI is InChI=1S/C18H22N6O5S/c1-5-11(9-27-3)20-12-8-13(29-16(26)14(12)28-4)15(25)21-17-22-23-18(30-17)24-10(2)6-7-19-24/h6-8,11,20H,5,9H2,1-4H3,(H,21,22,25). The van der Waals surface area contributed by atoms with Crippen LogP contribution in [0.5, 0.6) is 5.75 Å². The molecule has 1 amide bonds. The number of hydrogen-bond acceptors (Lipinski definition) is 10. The lowest BCUT2D eigenvalue weighted by Crippen LogP contribution is -2.26. The molecule has 0 aliphatic heterocycles. The summed E-state index contributed by atoms with van der Waals surface area (Å²) in [6.07, 6.45) is 2.38. The van der Waals surface area contributed by atoms with Gasteiger partial charge < -0.3 is 19.2 Å². The topological polar surface area (TPSA) is 133 Å². The Morgan fingerprint density at radius 2 is 2.17 bits per heavy atom. The number of nitrogens with one attached hydrogen (secondary N) is 2. The third-order valence-corrected chi connectivity index (χ3v) is 5.02. The Kier molecular flexibility index (Phi) is 6.79. The van der Waals surface area contributed by atoms with E-state index in [1.807, 2.05) is 19.9 Å². The van der Waals surface area contributed by atoms with Crippen molar-refractivity contribution in [2.24, 2.45) is 0 Å². The van der Waals surface area contributed by atoms with Gasteiger partial charge in [0.25, 0.3) is 5.91 Å². The molecule has 0 aromatic carbocycles. The summed E-state index contributed by atoms with van der Waals surface area (Å²) in [5, 5.41) is 18.6.